The van der Waals surface area contributed by atoms with Crippen LogP contribution < -0.4 is 20.5 Å². The van der Waals surface area contributed by atoms with Crippen molar-refractivity contribution in [2.24, 2.45) is 0 Å². The van der Waals surface area contributed by atoms with Crippen LogP contribution in [0.4, 0.5) is 10.1 Å². The summed E-state index contributed by atoms with van der Waals surface area (Å²) in [5.41, 5.74) is 7.87. The zero-order chi connectivity index (χ0) is 20.7. The molecule has 7 heteroatoms. The number of hydrogen-bond acceptors (Lipinski definition) is 5. The molecular formula is C21H22FN3O3. The number of amides is 1. The predicted octanol–water partition coefficient (Wildman–Crippen LogP) is 3.62. The third-order valence-electron chi connectivity index (χ3n) is 4.08. The molecule has 0 saturated heterocycles. The van der Waals surface area contributed by atoms with Gasteiger partial charge in [0.05, 0.1) is 26.3 Å². The van der Waals surface area contributed by atoms with E-state index in [4.69, 9.17) is 20.6 Å². The maximum atomic E-state index is 12.4. The van der Waals surface area contributed by atoms with E-state index >= 15 is 0 Å². The number of halogens is 1. The fourth-order valence-electron chi connectivity index (χ4n) is 2.56. The second-order valence-corrected chi connectivity index (χ2v) is 5.86. The first-order valence-corrected chi connectivity index (χ1v) is 8.34. The van der Waals surface area contributed by atoms with E-state index in [-0.39, 0.29) is 29.4 Å². The van der Waals surface area contributed by atoms with E-state index in [1.165, 1.54) is 14.2 Å². The maximum Gasteiger partial charge on any atom is 0.251 e. The third-order valence-corrected chi connectivity index (χ3v) is 4.08. The summed E-state index contributed by atoms with van der Waals surface area (Å²) in [4.78, 5) is 12.4. The summed E-state index contributed by atoms with van der Waals surface area (Å²) in [6.07, 6.45) is 1.39. The van der Waals surface area contributed by atoms with Crippen molar-refractivity contribution in [1.82, 2.24) is 5.32 Å². The molecule has 0 unspecified atom stereocenters. The molecule has 0 aliphatic carbocycles. The highest BCUT2D eigenvalue weighted by molar-refractivity contribution is 6.15. The van der Waals surface area contributed by atoms with Crippen LogP contribution in [0.1, 0.15) is 21.5 Å². The molecule has 2 rings (SSSR count). The lowest BCUT2D eigenvalue weighted by Gasteiger charge is -2.15. The molecule has 1 amide bonds. The summed E-state index contributed by atoms with van der Waals surface area (Å²) in [5, 5.41) is 11.0. The van der Waals surface area contributed by atoms with Crippen molar-refractivity contribution < 1.29 is 18.7 Å². The smallest absolute Gasteiger partial charge is 0.251 e. The van der Waals surface area contributed by atoms with Gasteiger partial charge in [0.15, 0.2) is 0 Å². The molecule has 28 heavy (non-hydrogen) atoms. The summed E-state index contributed by atoms with van der Waals surface area (Å²) in [6.45, 7) is 3.79. The lowest BCUT2D eigenvalue weighted by atomic mass is 9.98. The Kier molecular flexibility index (Phi) is 6.92. The molecule has 0 spiro atoms. The van der Waals surface area contributed by atoms with Gasteiger partial charge in [-0.05, 0) is 35.9 Å². The number of hydrogen-bond donors (Lipinski definition) is 3. The summed E-state index contributed by atoms with van der Waals surface area (Å²) < 4.78 is 22.8. The number of carbonyl (C=O) groups excluding carboxylic acids is 1. The number of methoxy groups -OCH3 is 2. The average Bonchev–Trinajstić information content (AvgIpc) is 2.71. The van der Waals surface area contributed by atoms with Crippen LogP contribution in [-0.4, -0.2) is 25.8 Å². The van der Waals surface area contributed by atoms with Crippen molar-refractivity contribution >= 4 is 17.3 Å². The summed E-state index contributed by atoms with van der Waals surface area (Å²) >= 11 is 0. The number of nitrogens with two attached hydrogens (primary N) is 1. The average molecular weight is 383 g/mol. The number of ether oxygens (including phenoxy) is 2. The van der Waals surface area contributed by atoms with Gasteiger partial charge in [0.25, 0.3) is 5.91 Å². The number of allylic oxidation sites excluding steroid dienone is 2. The van der Waals surface area contributed by atoms with Crippen LogP contribution in [0.2, 0.25) is 0 Å². The van der Waals surface area contributed by atoms with E-state index in [9.17, 15) is 9.18 Å². The van der Waals surface area contributed by atoms with Crippen molar-refractivity contribution in [3.63, 3.8) is 0 Å². The normalized spacial score (nSPS) is 10.5. The van der Waals surface area contributed by atoms with E-state index in [0.29, 0.717) is 34.5 Å². The SMILES string of the molecule is C=C(/C=C/F)C(=N)c1cc(CNC(=O)c2cccc(OC)c2)c(OC)cc1N. The molecular weight excluding hydrogens is 361 g/mol. The van der Waals surface area contributed by atoms with Crippen LogP contribution in [0.5, 0.6) is 11.5 Å². The summed E-state index contributed by atoms with van der Waals surface area (Å²) in [5.74, 6) is 0.749. The molecule has 2 aromatic rings. The molecule has 0 aliphatic rings. The van der Waals surface area contributed by atoms with Gasteiger partial charge >= 0.3 is 0 Å². The van der Waals surface area contributed by atoms with E-state index in [2.05, 4.69) is 11.9 Å². The Balaban J connectivity index is 2.26. The van der Waals surface area contributed by atoms with Crippen LogP contribution in [0.3, 0.4) is 0 Å². The highest BCUT2D eigenvalue weighted by atomic mass is 19.1. The van der Waals surface area contributed by atoms with Crippen LogP contribution in [0.25, 0.3) is 0 Å². The molecule has 146 valence electrons. The Morgan fingerprint density at radius 2 is 2.04 bits per heavy atom. The summed E-state index contributed by atoms with van der Waals surface area (Å²) in [6, 6.07) is 9.96. The topological polar surface area (TPSA) is 97.4 Å². The van der Waals surface area contributed by atoms with E-state index in [1.807, 2.05) is 0 Å². The zero-order valence-corrected chi connectivity index (χ0v) is 15.7. The van der Waals surface area contributed by atoms with Crippen LogP contribution in [-0.2, 0) is 6.54 Å². The van der Waals surface area contributed by atoms with Gasteiger partial charge in [0.1, 0.15) is 11.5 Å². The van der Waals surface area contributed by atoms with Gasteiger partial charge in [-0.3, -0.25) is 10.2 Å². The fraction of sp³-hybridized carbons (Fsp3) is 0.143. The Hall–Kier alpha value is -3.61. The first kappa shape index (κ1) is 20.7. The molecule has 0 bridgehead atoms. The molecule has 0 radical (unpaired) electrons. The molecule has 4 N–H and O–H groups in total. The minimum atomic E-state index is -0.292. The van der Waals surface area contributed by atoms with Gasteiger partial charge in [-0.2, -0.15) is 0 Å². The van der Waals surface area contributed by atoms with Gasteiger partial charge in [-0.1, -0.05) is 12.6 Å². The molecule has 0 atom stereocenters. The van der Waals surface area contributed by atoms with Gasteiger partial charge < -0.3 is 20.5 Å². The third kappa shape index (κ3) is 4.76. The molecule has 6 nitrogen and oxygen atoms in total. The van der Waals surface area contributed by atoms with Crippen LogP contribution in [0.15, 0.2) is 61.0 Å². The number of benzene rings is 2. The molecule has 0 saturated carbocycles. The van der Waals surface area contributed by atoms with E-state index in [1.54, 1.807) is 36.4 Å². The number of rotatable bonds is 8. The maximum absolute atomic E-state index is 12.4. The number of nitrogen functional groups attached to an aromatic ring is 1. The number of carbonyl (C=O) groups is 1. The van der Waals surface area contributed by atoms with Crippen molar-refractivity contribution in [1.29, 1.82) is 5.41 Å². The first-order chi connectivity index (χ1) is 13.4. The monoisotopic (exact) mass is 383 g/mol. The first-order valence-electron chi connectivity index (χ1n) is 8.34. The Labute approximate surface area is 163 Å². The standard InChI is InChI=1S/C21H22FN3O3/c1-13(7-8-22)20(24)17-10-15(19(28-3)11-18(17)23)12-25-21(26)14-5-4-6-16(9-14)27-2/h4-11,24H,1,12,23H2,2-3H3,(H,25,26)/b8-7+,24-20?. The highest BCUT2D eigenvalue weighted by Crippen LogP contribution is 2.27. The van der Waals surface area contributed by atoms with Crippen molar-refractivity contribution in [2.45, 2.75) is 6.54 Å². The molecule has 0 heterocycles. The molecule has 2 aromatic carbocycles. The van der Waals surface area contributed by atoms with E-state index in [0.717, 1.165) is 6.08 Å². The fourth-order valence-corrected chi connectivity index (χ4v) is 2.56. The van der Waals surface area contributed by atoms with Gasteiger partial charge in [0.2, 0.25) is 0 Å². The summed E-state index contributed by atoms with van der Waals surface area (Å²) in [7, 11) is 3.01. The minimum absolute atomic E-state index is 0.0191. The van der Waals surface area contributed by atoms with Gasteiger partial charge in [0, 0.05) is 35.0 Å². The molecule has 0 fully saturated rings. The second-order valence-electron chi connectivity index (χ2n) is 5.86. The molecule has 0 aromatic heterocycles. The minimum Gasteiger partial charge on any atom is -0.497 e. The Bertz CT molecular complexity index is 938. The largest absolute Gasteiger partial charge is 0.497 e. The Morgan fingerprint density at radius 3 is 2.68 bits per heavy atom. The van der Waals surface area contributed by atoms with Crippen LogP contribution in [0, 0.1) is 5.41 Å². The zero-order valence-electron chi connectivity index (χ0n) is 15.7. The second kappa shape index (κ2) is 9.36. The van der Waals surface area contributed by atoms with E-state index < -0.39 is 0 Å². The van der Waals surface area contributed by atoms with Crippen molar-refractivity contribution in [3.8, 4) is 11.5 Å². The quantitative estimate of drug-likeness (QED) is 0.368. The lowest BCUT2D eigenvalue weighted by molar-refractivity contribution is 0.0950. The number of anilines is 1. The lowest BCUT2D eigenvalue weighted by Crippen LogP contribution is -2.23. The van der Waals surface area contributed by atoms with Crippen molar-refractivity contribution in [2.75, 3.05) is 20.0 Å². The number of nitrogens with one attached hydrogen (secondary N) is 2. The molecule has 0 aliphatic heterocycles. The predicted molar refractivity (Wildman–Crippen MR) is 108 cm³/mol. The van der Waals surface area contributed by atoms with Gasteiger partial charge in [-0.15, -0.1) is 0 Å². The Morgan fingerprint density at radius 1 is 1.29 bits per heavy atom. The van der Waals surface area contributed by atoms with Crippen LogP contribution >= 0.6 is 0 Å². The van der Waals surface area contributed by atoms with Crippen molar-refractivity contribution in [3.05, 3.63) is 77.6 Å². The van der Waals surface area contributed by atoms with Gasteiger partial charge in [-0.25, -0.2) is 4.39 Å². The highest BCUT2D eigenvalue weighted by Gasteiger charge is 2.15.